The van der Waals surface area contributed by atoms with E-state index < -0.39 is 0 Å². The van der Waals surface area contributed by atoms with Gasteiger partial charge in [-0.15, -0.1) is 0 Å². The van der Waals surface area contributed by atoms with Crippen LogP contribution in [0.25, 0.3) is 0 Å². The maximum atomic E-state index is 11.1. The normalized spacial score (nSPS) is 19.7. The predicted molar refractivity (Wildman–Crippen MR) is 44.6 cm³/mol. The van der Waals surface area contributed by atoms with Gasteiger partial charge in [0.1, 0.15) is 0 Å². The molecule has 0 bridgehead atoms. The molecule has 1 rings (SSSR count). The van der Waals surface area contributed by atoms with Crippen LogP contribution in [0.4, 0.5) is 4.79 Å². The van der Waals surface area contributed by atoms with Crippen LogP contribution in [0.15, 0.2) is 0 Å². The van der Waals surface area contributed by atoms with Crippen molar-refractivity contribution < 1.29 is 9.59 Å². The lowest BCUT2D eigenvalue weighted by Crippen LogP contribution is -2.34. The minimum atomic E-state index is -0.250. The van der Waals surface area contributed by atoms with E-state index in [1.165, 1.54) is 4.90 Å². The SMILES string of the molecule is CCC(C)CN1C(=O)CNC1=O. The van der Waals surface area contributed by atoms with E-state index in [9.17, 15) is 9.59 Å². The smallest absolute Gasteiger partial charge is 0.324 e. The summed E-state index contributed by atoms with van der Waals surface area (Å²) in [7, 11) is 0. The molecule has 1 aliphatic rings. The first-order valence-corrected chi connectivity index (χ1v) is 4.23. The van der Waals surface area contributed by atoms with Crippen LogP contribution in [-0.4, -0.2) is 29.9 Å². The summed E-state index contributed by atoms with van der Waals surface area (Å²) >= 11 is 0. The van der Waals surface area contributed by atoms with E-state index in [-0.39, 0.29) is 18.5 Å². The van der Waals surface area contributed by atoms with Crippen molar-refractivity contribution in [1.29, 1.82) is 0 Å². The maximum Gasteiger partial charge on any atom is 0.324 e. The average Bonchev–Trinajstić information content (AvgIpc) is 2.35. The van der Waals surface area contributed by atoms with E-state index in [2.05, 4.69) is 5.32 Å². The van der Waals surface area contributed by atoms with Crippen molar-refractivity contribution in [2.45, 2.75) is 20.3 Å². The summed E-state index contributed by atoms with van der Waals surface area (Å²) in [5.41, 5.74) is 0. The van der Waals surface area contributed by atoms with Crippen LogP contribution in [0.5, 0.6) is 0 Å². The molecule has 4 nitrogen and oxygen atoms in total. The molecule has 1 heterocycles. The van der Waals surface area contributed by atoms with Crippen molar-refractivity contribution in [2.24, 2.45) is 5.92 Å². The summed E-state index contributed by atoms with van der Waals surface area (Å²) < 4.78 is 0. The van der Waals surface area contributed by atoms with Crippen molar-refractivity contribution in [3.05, 3.63) is 0 Å². The lowest BCUT2D eigenvalue weighted by atomic mass is 10.1. The van der Waals surface area contributed by atoms with Crippen molar-refractivity contribution in [1.82, 2.24) is 10.2 Å². The lowest BCUT2D eigenvalue weighted by molar-refractivity contribution is -0.125. The Bertz CT molecular complexity index is 187. The molecule has 0 radical (unpaired) electrons. The van der Waals surface area contributed by atoms with Gasteiger partial charge in [0.2, 0.25) is 5.91 Å². The number of imide groups is 1. The molecule has 0 spiro atoms. The molecule has 1 atom stereocenters. The number of amides is 3. The molecule has 1 unspecified atom stereocenters. The summed E-state index contributed by atoms with van der Waals surface area (Å²) in [6.45, 7) is 4.78. The van der Waals surface area contributed by atoms with Crippen LogP contribution in [0.1, 0.15) is 20.3 Å². The molecular weight excluding hydrogens is 156 g/mol. The molecule has 1 fully saturated rings. The standard InChI is InChI=1S/C8H14N2O2/c1-3-6(2)5-10-7(11)4-9-8(10)12/h6H,3-5H2,1-2H3,(H,9,12). The predicted octanol–water partition coefficient (Wildman–Crippen LogP) is 0.584. The van der Waals surface area contributed by atoms with E-state index in [0.29, 0.717) is 12.5 Å². The van der Waals surface area contributed by atoms with Gasteiger partial charge >= 0.3 is 6.03 Å². The minimum Gasteiger partial charge on any atom is -0.329 e. The zero-order valence-corrected chi connectivity index (χ0v) is 7.46. The van der Waals surface area contributed by atoms with Gasteiger partial charge in [-0.2, -0.15) is 0 Å². The second kappa shape index (κ2) is 3.56. The Balaban J connectivity index is 2.50. The summed E-state index contributed by atoms with van der Waals surface area (Å²) in [5, 5.41) is 2.49. The quantitative estimate of drug-likeness (QED) is 0.630. The van der Waals surface area contributed by atoms with Crippen LogP contribution >= 0.6 is 0 Å². The summed E-state index contributed by atoms with van der Waals surface area (Å²) in [4.78, 5) is 23.4. The first kappa shape index (κ1) is 9.03. The zero-order valence-electron chi connectivity index (χ0n) is 7.46. The minimum absolute atomic E-state index is 0.111. The van der Waals surface area contributed by atoms with E-state index in [1.807, 2.05) is 13.8 Å². The van der Waals surface area contributed by atoms with Crippen LogP contribution < -0.4 is 5.32 Å². The molecule has 0 aromatic carbocycles. The topological polar surface area (TPSA) is 49.4 Å². The molecule has 12 heavy (non-hydrogen) atoms. The zero-order chi connectivity index (χ0) is 9.14. The van der Waals surface area contributed by atoms with Gasteiger partial charge in [0.05, 0.1) is 6.54 Å². The highest BCUT2D eigenvalue weighted by molar-refractivity contribution is 6.01. The Kier molecular flexibility index (Phi) is 2.68. The van der Waals surface area contributed by atoms with Gasteiger partial charge in [-0.25, -0.2) is 4.79 Å². The molecule has 1 N–H and O–H groups in total. The fourth-order valence-electron chi connectivity index (χ4n) is 1.08. The number of hydrogen-bond donors (Lipinski definition) is 1. The highest BCUT2D eigenvalue weighted by Gasteiger charge is 2.28. The van der Waals surface area contributed by atoms with Crippen molar-refractivity contribution in [2.75, 3.05) is 13.1 Å². The summed E-state index contributed by atoms with van der Waals surface area (Å²) in [6.07, 6.45) is 0.983. The maximum absolute atomic E-state index is 11.1. The van der Waals surface area contributed by atoms with Gasteiger partial charge in [-0.05, 0) is 5.92 Å². The van der Waals surface area contributed by atoms with Gasteiger partial charge < -0.3 is 5.32 Å². The highest BCUT2D eigenvalue weighted by atomic mass is 16.2. The Morgan fingerprint density at radius 3 is 2.67 bits per heavy atom. The van der Waals surface area contributed by atoms with Crippen LogP contribution in [0, 0.1) is 5.92 Å². The van der Waals surface area contributed by atoms with Gasteiger partial charge in [0.15, 0.2) is 0 Å². The summed E-state index contributed by atoms with van der Waals surface area (Å²) in [5.74, 6) is 0.276. The fourth-order valence-corrected chi connectivity index (χ4v) is 1.08. The Hall–Kier alpha value is -1.06. The van der Waals surface area contributed by atoms with Crippen LogP contribution in [0.3, 0.4) is 0 Å². The second-order valence-corrected chi connectivity index (χ2v) is 3.18. The molecular formula is C8H14N2O2. The summed E-state index contributed by atoms with van der Waals surface area (Å²) in [6, 6.07) is -0.250. The average molecular weight is 170 g/mol. The first-order valence-electron chi connectivity index (χ1n) is 4.23. The van der Waals surface area contributed by atoms with Gasteiger partial charge in [-0.1, -0.05) is 20.3 Å². The largest absolute Gasteiger partial charge is 0.329 e. The number of urea groups is 1. The Morgan fingerprint density at radius 2 is 2.25 bits per heavy atom. The van der Waals surface area contributed by atoms with Crippen LogP contribution in [0.2, 0.25) is 0 Å². The second-order valence-electron chi connectivity index (χ2n) is 3.18. The molecule has 0 aromatic heterocycles. The van der Waals surface area contributed by atoms with Crippen LogP contribution in [-0.2, 0) is 4.79 Å². The number of rotatable bonds is 3. The van der Waals surface area contributed by atoms with Gasteiger partial charge in [0, 0.05) is 6.54 Å². The molecule has 1 aliphatic heterocycles. The Labute approximate surface area is 71.9 Å². The third-order valence-corrected chi connectivity index (χ3v) is 2.13. The first-order chi connectivity index (χ1) is 5.65. The Morgan fingerprint density at radius 1 is 1.58 bits per heavy atom. The van der Waals surface area contributed by atoms with E-state index in [0.717, 1.165) is 6.42 Å². The molecule has 0 aromatic rings. The third kappa shape index (κ3) is 1.75. The van der Waals surface area contributed by atoms with Crippen molar-refractivity contribution in [3.63, 3.8) is 0 Å². The van der Waals surface area contributed by atoms with Crippen molar-refractivity contribution >= 4 is 11.9 Å². The molecule has 1 saturated heterocycles. The number of carbonyl (C=O) groups is 2. The molecule has 0 aliphatic carbocycles. The third-order valence-electron chi connectivity index (χ3n) is 2.13. The molecule has 68 valence electrons. The van der Waals surface area contributed by atoms with E-state index >= 15 is 0 Å². The number of nitrogens with one attached hydrogen (secondary N) is 1. The van der Waals surface area contributed by atoms with Gasteiger partial charge in [-0.3, -0.25) is 9.69 Å². The molecule has 0 saturated carbocycles. The number of carbonyl (C=O) groups excluding carboxylic acids is 2. The molecule has 4 heteroatoms. The highest BCUT2D eigenvalue weighted by Crippen LogP contribution is 2.07. The fraction of sp³-hybridized carbons (Fsp3) is 0.750. The lowest BCUT2D eigenvalue weighted by Gasteiger charge is -2.16. The number of nitrogens with zero attached hydrogens (tertiary/aromatic N) is 1. The number of hydrogen-bond acceptors (Lipinski definition) is 2. The molecule has 3 amide bonds. The van der Waals surface area contributed by atoms with Gasteiger partial charge in [0.25, 0.3) is 0 Å². The van der Waals surface area contributed by atoms with Crippen molar-refractivity contribution in [3.8, 4) is 0 Å². The van der Waals surface area contributed by atoms with E-state index in [1.54, 1.807) is 0 Å². The monoisotopic (exact) mass is 170 g/mol. The van der Waals surface area contributed by atoms with E-state index in [4.69, 9.17) is 0 Å².